The molecule has 0 bridgehead atoms. The molecule has 0 saturated carbocycles. The first-order chi connectivity index (χ1) is 17.2. The van der Waals surface area contributed by atoms with Gasteiger partial charge in [0.1, 0.15) is 6.54 Å². The molecule has 1 aliphatic carbocycles. The number of imide groups is 1. The molecule has 1 aromatic carbocycles. The number of nitrogens with one attached hydrogen (secondary N) is 2. The van der Waals surface area contributed by atoms with Crippen LogP contribution in [0.2, 0.25) is 0 Å². The van der Waals surface area contributed by atoms with Crippen LogP contribution in [0.3, 0.4) is 0 Å². The normalized spacial score (nSPS) is 24.8. The maximum absolute atomic E-state index is 13.5. The predicted molar refractivity (Wildman–Crippen MR) is 125 cm³/mol. The van der Waals surface area contributed by atoms with Crippen LogP contribution in [0.4, 0.5) is 19.7 Å². The van der Waals surface area contributed by atoms with Gasteiger partial charge in [-0.2, -0.15) is 4.39 Å². The van der Waals surface area contributed by atoms with Gasteiger partial charge in [-0.25, -0.2) is 19.5 Å². The van der Waals surface area contributed by atoms with Crippen LogP contribution in [0.5, 0.6) is 0 Å². The van der Waals surface area contributed by atoms with Gasteiger partial charge in [-0.3, -0.25) is 9.59 Å². The van der Waals surface area contributed by atoms with Gasteiger partial charge in [0, 0.05) is 37.0 Å². The molecule has 2 aromatic rings. The SMILES string of the molecule is CNC(=O)Nc1ccc2c(c1)CC[C@@]21OC(=O)N(CC(=O)N2[C@@H](C)CC[C@H]2c2ccc(F)nc2)C1=O. The Hall–Kier alpha value is -4.02. The number of urea groups is 1. The number of aromatic nitrogens is 1. The fraction of sp³-hybridized carbons (Fsp3) is 0.400. The Bertz CT molecular complexity index is 1250. The molecular formula is C25H26FN5O5. The van der Waals surface area contributed by atoms with Crippen molar-refractivity contribution in [2.24, 2.45) is 0 Å². The zero-order valence-corrected chi connectivity index (χ0v) is 19.9. The van der Waals surface area contributed by atoms with Crippen molar-refractivity contribution in [3.63, 3.8) is 0 Å². The maximum Gasteiger partial charge on any atom is 0.418 e. The smallest absolute Gasteiger partial charge is 0.418 e. The lowest BCUT2D eigenvalue weighted by Gasteiger charge is -2.30. The van der Waals surface area contributed by atoms with E-state index < -0.39 is 30.1 Å². The van der Waals surface area contributed by atoms with Gasteiger partial charge in [-0.15, -0.1) is 0 Å². The van der Waals surface area contributed by atoms with Crippen LogP contribution in [-0.2, 0) is 26.3 Å². The Morgan fingerprint density at radius 2 is 2.03 bits per heavy atom. The summed E-state index contributed by atoms with van der Waals surface area (Å²) in [5, 5.41) is 5.16. The number of fused-ring (bicyclic) bond motifs is 2. The van der Waals surface area contributed by atoms with Gasteiger partial charge in [0.15, 0.2) is 0 Å². The third-order valence-corrected chi connectivity index (χ3v) is 7.23. The molecule has 0 radical (unpaired) electrons. The first-order valence-corrected chi connectivity index (χ1v) is 11.8. The fourth-order valence-electron chi connectivity index (χ4n) is 5.46. The summed E-state index contributed by atoms with van der Waals surface area (Å²) in [4.78, 5) is 57.5. The number of benzene rings is 1. The number of pyridine rings is 1. The molecule has 36 heavy (non-hydrogen) atoms. The predicted octanol–water partition coefficient (Wildman–Crippen LogP) is 2.84. The van der Waals surface area contributed by atoms with E-state index >= 15 is 0 Å². The van der Waals surface area contributed by atoms with Crippen molar-refractivity contribution in [3.8, 4) is 0 Å². The number of halogens is 1. The van der Waals surface area contributed by atoms with Crippen molar-refractivity contribution in [1.82, 2.24) is 20.1 Å². The summed E-state index contributed by atoms with van der Waals surface area (Å²) < 4.78 is 18.9. The highest BCUT2D eigenvalue weighted by atomic mass is 19.1. The van der Waals surface area contributed by atoms with Crippen LogP contribution in [0.25, 0.3) is 0 Å². The monoisotopic (exact) mass is 495 g/mol. The van der Waals surface area contributed by atoms with E-state index in [1.54, 1.807) is 29.2 Å². The van der Waals surface area contributed by atoms with E-state index in [0.29, 0.717) is 29.7 Å². The second-order valence-corrected chi connectivity index (χ2v) is 9.32. The summed E-state index contributed by atoms with van der Waals surface area (Å²) in [5.74, 6) is -1.56. The zero-order chi connectivity index (χ0) is 25.6. The van der Waals surface area contributed by atoms with Gasteiger partial charge in [0.2, 0.25) is 17.5 Å². The molecule has 3 atom stereocenters. The first kappa shape index (κ1) is 23.7. The number of carbonyl (C=O) groups is 4. The Kier molecular flexibility index (Phi) is 5.85. The molecule has 5 rings (SSSR count). The number of nitrogens with zero attached hydrogens (tertiary/aromatic N) is 3. The minimum atomic E-state index is -1.48. The van der Waals surface area contributed by atoms with Crippen LogP contribution in [0, 0.1) is 5.95 Å². The quantitative estimate of drug-likeness (QED) is 0.630. The standard InChI is InChI=1S/C25H26FN5O5/c1-14-3-7-19(16-4-8-20(26)28-12-16)31(14)21(32)13-30-22(33)25(36-24(30)35)10-9-15-11-17(5-6-18(15)25)29-23(34)27-2/h4-6,8,11-12,14,19H,3,7,9-10,13H2,1-2H3,(H2,27,29,34)/t14-,19-,25+/m0/s1. The highest BCUT2D eigenvalue weighted by molar-refractivity contribution is 6.06. The van der Waals surface area contributed by atoms with Crippen LogP contribution in [0.15, 0.2) is 36.5 Å². The molecular weight excluding hydrogens is 469 g/mol. The van der Waals surface area contributed by atoms with Crippen LogP contribution >= 0.6 is 0 Å². The molecule has 188 valence electrons. The molecule has 5 amide bonds. The number of rotatable bonds is 4. The van der Waals surface area contributed by atoms with Crippen molar-refractivity contribution in [2.75, 3.05) is 18.9 Å². The summed E-state index contributed by atoms with van der Waals surface area (Å²) in [6, 6.07) is 7.10. The van der Waals surface area contributed by atoms with Crippen LogP contribution in [-0.4, -0.2) is 58.4 Å². The van der Waals surface area contributed by atoms with Gasteiger partial charge in [0.05, 0.1) is 6.04 Å². The molecule has 3 aliphatic rings. The highest BCUT2D eigenvalue weighted by Gasteiger charge is 2.58. The molecule has 10 nitrogen and oxygen atoms in total. The van der Waals surface area contributed by atoms with Crippen molar-refractivity contribution in [2.45, 2.75) is 50.3 Å². The Morgan fingerprint density at radius 1 is 1.22 bits per heavy atom. The second-order valence-electron chi connectivity index (χ2n) is 9.32. The van der Waals surface area contributed by atoms with Crippen molar-refractivity contribution in [3.05, 3.63) is 59.2 Å². The Labute approximate surface area is 206 Å². The van der Waals surface area contributed by atoms with E-state index in [-0.39, 0.29) is 30.4 Å². The first-order valence-electron chi connectivity index (χ1n) is 11.8. The number of carbonyl (C=O) groups excluding carboxylic acids is 4. The van der Waals surface area contributed by atoms with Crippen LogP contribution < -0.4 is 10.6 Å². The summed E-state index contributed by atoms with van der Waals surface area (Å²) in [7, 11) is 1.51. The lowest BCUT2D eigenvalue weighted by Crippen LogP contribution is -2.46. The molecule has 0 unspecified atom stereocenters. The Balaban J connectivity index is 1.35. The lowest BCUT2D eigenvalue weighted by molar-refractivity contribution is -0.143. The summed E-state index contributed by atoms with van der Waals surface area (Å²) >= 11 is 0. The molecule has 3 heterocycles. The number of likely N-dealkylation sites (tertiary alicyclic amines) is 1. The van der Waals surface area contributed by atoms with Gasteiger partial charge in [0.25, 0.3) is 5.91 Å². The largest absolute Gasteiger partial charge is 0.427 e. The number of amides is 5. The van der Waals surface area contributed by atoms with E-state index in [2.05, 4.69) is 15.6 Å². The van der Waals surface area contributed by atoms with Gasteiger partial charge in [-0.1, -0.05) is 12.1 Å². The third kappa shape index (κ3) is 3.84. The average molecular weight is 496 g/mol. The minimum absolute atomic E-state index is 0.117. The molecule has 2 aliphatic heterocycles. The van der Waals surface area contributed by atoms with Gasteiger partial charge >= 0.3 is 12.1 Å². The van der Waals surface area contributed by atoms with E-state index in [9.17, 15) is 23.6 Å². The number of hydrogen-bond acceptors (Lipinski definition) is 6. The van der Waals surface area contributed by atoms with Gasteiger partial charge < -0.3 is 20.3 Å². The molecule has 2 fully saturated rings. The number of ether oxygens (including phenoxy) is 1. The summed E-state index contributed by atoms with van der Waals surface area (Å²) in [6.45, 7) is 1.46. The third-order valence-electron chi connectivity index (χ3n) is 7.23. The van der Waals surface area contributed by atoms with Crippen molar-refractivity contribution < 1.29 is 28.3 Å². The molecule has 11 heteroatoms. The second kappa shape index (κ2) is 8.89. The van der Waals surface area contributed by atoms with Crippen molar-refractivity contribution in [1.29, 1.82) is 0 Å². The molecule has 1 aromatic heterocycles. The average Bonchev–Trinajstić information content (AvgIpc) is 3.49. The molecule has 2 N–H and O–H groups in total. The summed E-state index contributed by atoms with van der Waals surface area (Å²) in [6.07, 6.45) is 2.68. The topological polar surface area (TPSA) is 121 Å². The van der Waals surface area contributed by atoms with E-state index in [1.807, 2.05) is 6.92 Å². The van der Waals surface area contributed by atoms with Crippen molar-refractivity contribution >= 4 is 29.6 Å². The van der Waals surface area contributed by atoms with E-state index in [4.69, 9.17) is 4.74 Å². The number of aryl methyl sites for hydroxylation is 1. The zero-order valence-electron chi connectivity index (χ0n) is 19.9. The highest BCUT2D eigenvalue weighted by Crippen LogP contribution is 2.46. The van der Waals surface area contributed by atoms with Gasteiger partial charge in [-0.05, 0) is 55.5 Å². The fourth-order valence-corrected chi connectivity index (χ4v) is 5.46. The van der Waals surface area contributed by atoms with E-state index in [1.165, 1.54) is 19.3 Å². The summed E-state index contributed by atoms with van der Waals surface area (Å²) in [5.41, 5.74) is 1.12. The minimum Gasteiger partial charge on any atom is -0.427 e. The molecule has 2 saturated heterocycles. The van der Waals surface area contributed by atoms with E-state index in [0.717, 1.165) is 16.9 Å². The number of anilines is 1. The lowest BCUT2D eigenvalue weighted by atomic mass is 9.94. The Morgan fingerprint density at radius 3 is 2.75 bits per heavy atom. The molecule has 1 spiro atoms. The van der Waals surface area contributed by atoms with Crippen LogP contribution in [0.1, 0.15) is 48.9 Å². The maximum atomic E-state index is 13.5. The number of hydrogen-bond donors (Lipinski definition) is 2.